The van der Waals surface area contributed by atoms with Crippen LogP contribution in [0.3, 0.4) is 0 Å². The molecule has 0 rings (SSSR count). The number of aliphatic carboxylic acids is 1. The molecule has 1 unspecified atom stereocenters. The first-order valence-electron chi connectivity index (χ1n) is 7.03. The van der Waals surface area contributed by atoms with Crippen molar-refractivity contribution in [1.29, 1.82) is 5.26 Å². The van der Waals surface area contributed by atoms with E-state index in [0.29, 0.717) is 13.1 Å². The highest BCUT2D eigenvalue weighted by Crippen LogP contribution is 2.32. The van der Waals surface area contributed by atoms with Crippen LogP contribution in [-0.2, 0) is 9.59 Å². The van der Waals surface area contributed by atoms with Crippen molar-refractivity contribution in [3.63, 3.8) is 0 Å². The first kappa shape index (κ1) is 18.4. The second kappa shape index (κ2) is 7.88. The first-order chi connectivity index (χ1) is 9.15. The summed E-state index contributed by atoms with van der Waals surface area (Å²) in [6.45, 7) is 10.1. The van der Waals surface area contributed by atoms with E-state index in [1.54, 1.807) is 11.8 Å². The molecule has 0 aliphatic carbocycles. The lowest BCUT2D eigenvalue weighted by Gasteiger charge is -2.32. The highest BCUT2D eigenvalue weighted by atomic mass is 16.4. The summed E-state index contributed by atoms with van der Waals surface area (Å²) in [6, 6.07) is 2.02. The molecule has 0 aliphatic heterocycles. The molecule has 0 aromatic carbocycles. The Labute approximate surface area is 121 Å². The van der Waals surface area contributed by atoms with E-state index >= 15 is 0 Å². The van der Waals surface area contributed by atoms with Gasteiger partial charge in [-0.3, -0.25) is 9.59 Å². The Bertz CT molecular complexity index is 385. The summed E-state index contributed by atoms with van der Waals surface area (Å²) in [5, 5.41) is 18.0. The van der Waals surface area contributed by atoms with E-state index in [2.05, 4.69) is 0 Å². The zero-order valence-electron chi connectivity index (χ0n) is 13.1. The van der Waals surface area contributed by atoms with Gasteiger partial charge in [-0.25, -0.2) is 0 Å². The van der Waals surface area contributed by atoms with Crippen LogP contribution in [0.4, 0.5) is 0 Å². The number of carboxylic acids is 1. The van der Waals surface area contributed by atoms with E-state index in [4.69, 9.17) is 5.26 Å². The lowest BCUT2D eigenvalue weighted by atomic mass is 9.76. The average molecular weight is 282 g/mol. The predicted octanol–water partition coefficient (Wildman–Crippen LogP) is 2.52. The van der Waals surface area contributed by atoms with E-state index < -0.39 is 11.4 Å². The normalized spacial score (nSPS) is 13.9. The number of carbonyl (C=O) groups excluding carboxylic acids is 1. The number of nitrogens with zero attached hydrogens (tertiary/aromatic N) is 2. The first-order valence-corrected chi connectivity index (χ1v) is 7.03. The highest BCUT2D eigenvalue weighted by molar-refractivity contribution is 5.85. The standard InChI is InChI=1S/C15H26N2O3/c1-11(2)10-17(8-6-7-16)13(18)9-15(5,12(3)4)14(19)20/h11-12H,6,8-10H2,1-5H3,(H,19,20). The molecule has 0 aromatic heterocycles. The number of nitriles is 1. The summed E-state index contributed by atoms with van der Waals surface area (Å²) >= 11 is 0. The van der Waals surface area contributed by atoms with Gasteiger partial charge in [-0.05, 0) is 18.8 Å². The van der Waals surface area contributed by atoms with E-state index in [0.717, 1.165) is 0 Å². The third-order valence-corrected chi connectivity index (χ3v) is 3.71. The van der Waals surface area contributed by atoms with Gasteiger partial charge in [0.1, 0.15) is 0 Å². The third-order valence-electron chi connectivity index (χ3n) is 3.71. The van der Waals surface area contributed by atoms with E-state index in [1.807, 2.05) is 33.8 Å². The summed E-state index contributed by atoms with van der Waals surface area (Å²) in [5.41, 5.74) is -1.07. The fourth-order valence-corrected chi connectivity index (χ4v) is 1.90. The average Bonchev–Trinajstić information content (AvgIpc) is 2.33. The molecule has 1 amide bonds. The molecule has 0 bridgehead atoms. The third kappa shape index (κ3) is 5.20. The van der Waals surface area contributed by atoms with Crippen molar-refractivity contribution in [2.75, 3.05) is 13.1 Å². The van der Waals surface area contributed by atoms with Crippen LogP contribution in [0, 0.1) is 28.6 Å². The van der Waals surface area contributed by atoms with E-state index in [9.17, 15) is 14.7 Å². The van der Waals surface area contributed by atoms with Gasteiger partial charge in [-0.1, -0.05) is 27.7 Å². The topological polar surface area (TPSA) is 81.4 Å². The largest absolute Gasteiger partial charge is 0.481 e. The summed E-state index contributed by atoms with van der Waals surface area (Å²) < 4.78 is 0. The van der Waals surface area contributed by atoms with Crippen LogP contribution in [0.15, 0.2) is 0 Å². The molecule has 0 aromatic rings. The van der Waals surface area contributed by atoms with Crippen LogP contribution in [0.2, 0.25) is 0 Å². The maximum absolute atomic E-state index is 12.4. The molecule has 1 N–H and O–H groups in total. The Morgan fingerprint density at radius 3 is 2.20 bits per heavy atom. The van der Waals surface area contributed by atoms with Crippen molar-refractivity contribution >= 4 is 11.9 Å². The van der Waals surface area contributed by atoms with Crippen molar-refractivity contribution in [1.82, 2.24) is 4.90 Å². The summed E-state index contributed by atoms with van der Waals surface area (Å²) in [4.78, 5) is 25.4. The number of carboxylic acid groups (broad SMARTS) is 1. The Kier molecular flexibility index (Phi) is 7.26. The minimum absolute atomic E-state index is 0.0296. The molecule has 0 fully saturated rings. The molecule has 114 valence electrons. The number of hydrogen-bond acceptors (Lipinski definition) is 3. The monoisotopic (exact) mass is 282 g/mol. The van der Waals surface area contributed by atoms with Gasteiger partial charge in [0.15, 0.2) is 0 Å². The zero-order valence-corrected chi connectivity index (χ0v) is 13.1. The number of amides is 1. The second-order valence-corrected chi connectivity index (χ2v) is 6.20. The zero-order chi connectivity index (χ0) is 15.9. The Hall–Kier alpha value is -1.57. The smallest absolute Gasteiger partial charge is 0.310 e. The summed E-state index contributed by atoms with van der Waals surface area (Å²) in [6.07, 6.45) is 0.238. The maximum atomic E-state index is 12.4. The fourth-order valence-electron chi connectivity index (χ4n) is 1.90. The lowest BCUT2D eigenvalue weighted by Crippen LogP contribution is -2.42. The SMILES string of the molecule is CC(C)CN(CCC#N)C(=O)CC(C)(C(=O)O)C(C)C. The van der Waals surface area contributed by atoms with Crippen molar-refractivity contribution in [2.45, 2.75) is 47.5 Å². The van der Waals surface area contributed by atoms with Gasteiger partial charge in [0.2, 0.25) is 5.91 Å². The van der Waals surface area contributed by atoms with Crippen LogP contribution in [0.1, 0.15) is 47.5 Å². The molecule has 0 radical (unpaired) electrons. The molecule has 0 heterocycles. The molecule has 0 aliphatic rings. The van der Waals surface area contributed by atoms with Gasteiger partial charge in [0, 0.05) is 19.5 Å². The number of carbonyl (C=O) groups is 2. The van der Waals surface area contributed by atoms with Crippen LogP contribution >= 0.6 is 0 Å². The van der Waals surface area contributed by atoms with Crippen LogP contribution in [0.5, 0.6) is 0 Å². The molecule has 0 saturated carbocycles. The van der Waals surface area contributed by atoms with Crippen LogP contribution < -0.4 is 0 Å². The number of rotatable bonds is 8. The molecule has 20 heavy (non-hydrogen) atoms. The molecule has 0 spiro atoms. The lowest BCUT2D eigenvalue weighted by molar-refractivity contribution is -0.155. The van der Waals surface area contributed by atoms with E-state index in [1.165, 1.54) is 0 Å². The predicted molar refractivity (Wildman–Crippen MR) is 76.8 cm³/mol. The van der Waals surface area contributed by atoms with Gasteiger partial charge in [0.25, 0.3) is 0 Å². The Morgan fingerprint density at radius 1 is 1.30 bits per heavy atom. The minimum Gasteiger partial charge on any atom is -0.481 e. The van der Waals surface area contributed by atoms with Crippen molar-refractivity contribution in [3.8, 4) is 6.07 Å². The van der Waals surface area contributed by atoms with Crippen LogP contribution in [0.25, 0.3) is 0 Å². The minimum atomic E-state index is -1.07. The van der Waals surface area contributed by atoms with Gasteiger partial charge < -0.3 is 10.0 Å². The molecule has 1 atom stereocenters. The molecular formula is C15H26N2O3. The van der Waals surface area contributed by atoms with Gasteiger partial charge in [0.05, 0.1) is 17.9 Å². The molecule has 5 heteroatoms. The Balaban J connectivity index is 4.97. The van der Waals surface area contributed by atoms with Crippen LogP contribution in [-0.4, -0.2) is 35.0 Å². The van der Waals surface area contributed by atoms with E-state index in [-0.39, 0.29) is 30.6 Å². The van der Waals surface area contributed by atoms with Gasteiger partial charge in [-0.15, -0.1) is 0 Å². The molecular weight excluding hydrogens is 256 g/mol. The molecule has 5 nitrogen and oxygen atoms in total. The maximum Gasteiger partial charge on any atom is 0.310 e. The Morgan fingerprint density at radius 2 is 1.85 bits per heavy atom. The van der Waals surface area contributed by atoms with Crippen molar-refractivity contribution < 1.29 is 14.7 Å². The summed E-state index contributed by atoms with van der Waals surface area (Å²) in [7, 11) is 0. The fraction of sp³-hybridized carbons (Fsp3) is 0.800. The quantitative estimate of drug-likeness (QED) is 0.741. The van der Waals surface area contributed by atoms with Crippen molar-refractivity contribution in [2.24, 2.45) is 17.3 Å². The summed E-state index contributed by atoms with van der Waals surface area (Å²) in [5.74, 6) is -0.994. The van der Waals surface area contributed by atoms with Crippen molar-refractivity contribution in [3.05, 3.63) is 0 Å². The van der Waals surface area contributed by atoms with Gasteiger partial charge in [-0.2, -0.15) is 5.26 Å². The highest BCUT2D eigenvalue weighted by Gasteiger charge is 2.39. The number of hydrogen-bond donors (Lipinski definition) is 1. The molecule has 0 saturated heterocycles. The van der Waals surface area contributed by atoms with Gasteiger partial charge >= 0.3 is 5.97 Å². The second-order valence-electron chi connectivity index (χ2n) is 6.20.